The van der Waals surface area contributed by atoms with Crippen LogP contribution in [-0.4, -0.2) is 38.1 Å². The molecule has 1 aromatic carbocycles. The van der Waals surface area contributed by atoms with Gasteiger partial charge in [-0.25, -0.2) is 4.98 Å². The van der Waals surface area contributed by atoms with Crippen LogP contribution >= 0.6 is 11.8 Å². The van der Waals surface area contributed by atoms with E-state index in [2.05, 4.69) is 15.3 Å². The van der Waals surface area contributed by atoms with Gasteiger partial charge in [-0.3, -0.25) is 10.1 Å². The molecule has 0 atom stereocenters. The van der Waals surface area contributed by atoms with E-state index in [1.54, 1.807) is 11.8 Å². The van der Waals surface area contributed by atoms with Crippen LogP contribution in [0.4, 0.5) is 19.1 Å². The monoisotopic (exact) mass is 345 g/mol. The number of hydrogen-bond donors (Lipinski definition) is 3. The number of aliphatic hydroxyl groups is 1. The van der Waals surface area contributed by atoms with Crippen LogP contribution in [0, 0.1) is 0 Å². The van der Waals surface area contributed by atoms with Gasteiger partial charge in [-0.15, -0.1) is 0 Å². The fourth-order valence-corrected chi connectivity index (χ4v) is 3.57. The number of carbonyl (C=O) groups excluding carboxylic acids is 1. The van der Waals surface area contributed by atoms with E-state index in [0.29, 0.717) is 29.9 Å². The molecule has 23 heavy (non-hydrogen) atoms. The number of aromatic nitrogens is 2. The number of hydrogen-bond acceptors (Lipinski definition) is 4. The van der Waals surface area contributed by atoms with Gasteiger partial charge >= 0.3 is 6.18 Å². The first-order chi connectivity index (χ1) is 10.8. The maximum absolute atomic E-state index is 12.7. The van der Waals surface area contributed by atoms with Crippen LogP contribution in [0.3, 0.4) is 0 Å². The van der Waals surface area contributed by atoms with Gasteiger partial charge in [0.15, 0.2) is 0 Å². The molecular formula is C14H14F3N3O2S. The minimum absolute atomic E-state index is 0.0241. The number of benzene rings is 1. The normalized spacial score (nSPS) is 18.1. The lowest BCUT2D eigenvalue weighted by Gasteiger charge is -2.29. The van der Waals surface area contributed by atoms with Crippen molar-refractivity contribution in [2.45, 2.75) is 24.6 Å². The summed E-state index contributed by atoms with van der Waals surface area (Å²) in [6.07, 6.45) is -3.78. The molecule has 2 heterocycles. The van der Waals surface area contributed by atoms with Gasteiger partial charge in [0.1, 0.15) is 5.60 Å². The van der Waals surface area contributed by atoms with E-state index >= 15 is 0 Å². The lowest BCUT2D eigenvalue weighted by Crippen LogP contribution is -2.45. The number of halogens is 3. The Morgan fingerprint density at radius 3 is 2.70 bits per heavy atom. The first-order valence-electron chi connectivity index (χ1n) is 6.96. The Labute approximate surface area is 133 Å². The number of nitrogens with one attached hydrogen (secondary N) is 2. The van der Waals surface area contributed by atoms with Crippen molar-refractivity contribution >= 4 is 34.7 Å². The molecule has 124 valence electrons. The van der Waals surface area contributed by atoms with Gasteiger partial charge in [-0.1, -0.05) is 0 Å². The third-order valence-corrected chi connectivity index (χ3v) is 4.77. The minimum atomic E-state index is -4.45. The van der Waals surface area contributed by atoms with Crippen LogP contribution in [0.1, 0.15) is 18.4 Å². The number of amides is 1. The number of anilines is 1. The second kappa shape index (κ2) is 5.72. The molecule has 9 heteroatoms. The van der Waals surface area contributed by atoms with Crippen LogP contribution in [-0.2, 0) is 11.0 Å². The number of nitrogens with zero attached hydrogens (tertiary/aromatic N) is 1. The van der Waals surface area contributed by atoms with Crippen molar-refractivity contribution in [3.05, 3.63) is 23.8 Å². The largest absolute Gasteiger partial charge is 0.416 e. The number of imidazole rings is 1. The molecule has 1 saturated heterocycles. The number of rotatable bonds is 2. The van der Waals surface area contributed by atoms with Gasteiger partial charge in [0.25, 0.3) is 5.91 Å². The van der Waals surface area contributed by atoms with E-state index < -0.39 is 23.2 Å². The molecule has 5 nitrogen and oxygen atoms in total. The molecule has 0 spiro atoms. The van der Waals surface area contributed by atoms with Gasteiger partial charge in [0, 0.05) is 0 Å². The number of alkyl halides is 3. The topological polar surface area (TPSA) is 78.0 Å². The standard InChI is InChI=1S/C14H14F3N3O2S/c15-14(16,17)8-1-2-9-10(7-8)19-12(18-9)20-11(21)13(22)3-5-23-6-4-13/h1-2,7,22H,3-6H2,(H2,18,19,20,21). The third kappa shape index (κ3) is 3.30. The van der Waals surface area contributed by atoms with Crippen molar-refractivity contribution in [2.75, 3.05) is 16.8 Å². The summed E-state index contributed by atoms with van der Waals surface area (Å²) < 4.78 is 38.1. The lowest BCUT2D eigenvalue weighted by atomic mass is 9.96. The summed E-state index contributed by atoms with van der Waals surface area (Å²) in [7, 11) is 0. The minimum Gasteiger partial charge on any atom is -0.380 e. The van der Waals surface area contributed by atoms with Crippen molar-refractivity contribution in [1.82, 2.24) is 9.97 Å². The fourth-order valence-electron chi connectivity index (χ4n) is 2.41. The van der Waals surface area contributed by atoms with Gasteiger partial charge in [0.05, 0.1) is 16.6 Å². The lowest BCUT2D eigenvalue weighted by molar-refractivity contribution is -0.137. The zero-order valence-electron chi connectivity index (χ0n) is 11.9. The average Bonchev–Trinajstić information content (AvgIpc) is 2.88. The quantitative estimate of drug-likeness (QED) is 0.782. The van der Waals surface area contributed by atoms with Crippen molar-refractivity contribution in [3.8, 4) is 0 Å². The summed E-state index contributed by atoms with van der Waals surface area (Å²) in [5.74, 6) is 0.793. The number of carbonyl (C=O) groups is 1. The van der Waals surface area contributed by atoms with Crippen molar-refractivity contribution < 1.29 is 23.1 Å². The maximum atomic E-state index is 12.7. The summed E-state index contributed by atoms with van der Waals surface area (Å²) in [6, 6.07) is 3.10. The Balaban J connectivity index is 1.82. The van der Waals surface area contributed by atoms with E-state index in [1.807, 2.05) is 0 Å². The Morgan fingerprint density at radius 2 is 2.04 bits per heavy atom. The highest BCUT2D eigenvalue weighted by Gasteiger charge is 2.38. The highest BCUT2D eigenvalue weighted by atomic mass is 32.2. The predicted molar refractivity (Wildman–Crippen MR) is 81.2 cm³/mol. The highest BCUT2D eigenvalue weighted by Crippen LogP contribution is 2.32. The molecule has 0 saturated carbocycles. The molecule has 1 aromatic heterocycles. The van der Waals surface area contributed by atoms with Crippen LogP contribution in [0.25, 0.3) is 11.0 Å². The molecule has 1 fully saturated rings. The predicted octanol–water partition coefficient (Wildman–Crippen LogP) is 2.78. The van der Waals surface area contributed by atoms with Crippen LogP contribution in [0.5, 0.6) is 0 Å². The molecule has 1 aliphatic rings. The maximum Gasteiger partial charge on any atom is 0.416 e. The molecule has 0 bridgehead atoms. The molecule has 3 rings (SSSR count). The van der Waals surface area contributed by atoms with E-state index in [4.69, 9.17) is 0 Å². The molecule has 1 aliphatic heterocycles. The SMILES string of the molecule is O=C(Nc1nc2ccc(C(F)(F)F)cc2[nH]1)C1(O)CCSCC1. The number of thioether (sulfide) groups is 1. The van der Waals surface area contributed by atoms with Crippen molar-refractivity contribution in [1.29, 1.82) is 0 Å². The van der Waals surface area contributed by atoms with Gasteiger partial charge in [-0.2, -0.15) is 24.9 Å². The molecule has 0 radical (unpaired) electrons. The Bertz CT molecular complexity index is 738. The highest BCUT2D eigenvalue weighted by molar-refractivity contribution is 7.99. The second-order valence-corrected chi connectivity index (χ2v) is 6.64. The summed E-state index contributed by atoms with van der Waals surface area (Å²) in [5, 5.41) is 12.8. The Hall–Kier alpha value is -1.74. The van der Waals surface area contributed by atoms with E-state index in [-0.39, 0.29) is 11.5 Å². The summed E-state index contributed by atoms with van der Waals surface area (Å²) in [5.41, 5.74) is -1.78. The van der Waals surface area contributed by atoms with Crippen molar-refractivity contribution in [2.24, 2.45) is 0 Å². The smallest absolute Gasteiger partial charge is 0.380 e. The third-order valence-electron chi connectivity index (χ3n) is 3.78. The Morgan fingerprint density at radius 1 is 1.35 bits per heavy atom. The first kappa shape index (κ1) is 16.1. The number of H-pyrrole nitrogens is 1. The van der Waals surface area contributed by atoms with Crippen LogP contribution in [0.15, 0.2) is 18.2 Å². The number of aromatic amines is 1. The first-order valence-corrected chi connectivity index (χ1v) is 8.12. The van der Waals surface area contributed by atoms with Crippen LogP contribution in [0.2, 0.25) is 0 Å². The molecule has 0 aliphatic carbocycles. The van der Waals surface area contributed by atoms with E-state index in [9.17, 15) is 23.1 Å². The molecule has 1 amide bonds. The van der Waals surface area contributed by atoms with E-state index in [1.165, 1.54) is 6.07 Å². The Kier molecular flexibility index (Phi) is 4.01. The van der Waals surface area contributed by atoms with Gasteiger partial charge in [-0.05, 0) is 42.5 Å². The zero-order valence-corrected chi connectivity index (χ0v) is 12.7. The summed E-state index contributed by atoms with van der Waals surface area (Å²) >= 11 is 1.66. The second-order valence-electron chi connectivity index (χ2n) is 5.41. The average molecular weight is 345 g/mol. The molecular weight excluding hydrogens is 331 g/mol. The van der Waals surface area contributed by atoms with E-state index in [0.717, 1.165) is 12.1 Å². The summed E-state index contributed by atoms with van der Waals surface area (Å²) in [6.45, 7) is 0. The fraction of sp³-hybridized carbons (Fsp3) is 0.429. The molecule has 0 unspecified atom stereocenters. The summed E-state index contributed by atoms with van der Waals surface area (Å²) in [4.78, 5) is 18.8. The molecule has 3 N–H and O–H groups in total. The number of fused-ring (bicyclic) bond motifs is 1. The zero-order chi connectivity index (χ0) is 16.7. The van der Waals surface area contributed by atoms with Gasteiger partial charge < -0.3 is 10.1 Å². The van der Waals surface area contributed by atoms with Crippen molar-refractivity contribution in [3.63, 3.8) is 0 Å². The van der Waals surface area contributed by atoms with Crippen LogP contribution < -0.4 is 5.32 Å². The molecule has 2 aromatic rings. The van der Waals surface area contributed by atoms with Gasteiger partial charge in [0.2, 0.25) is 5.95 Å².